The van der Waals surface area contributed by atoms with Crippen molar-refractivity contribution in [3.05, 3.63) is 24.3 Å². The zero-order chi connectivity index (χ0) is 8.55. The predicted octanol–water partition coefficient (Wildman–Crippen LogP) is 0.834. The maximum absolute atomic E-state index is 9.26. The van der Waals surface area contributed by atoms with Gasteiger partial charge in [0.2, 0.25) is 6.29 Å². The Kier molecular flexibility index (Phi) is 1.66. The number of benzene rings is 1. The number of likely N-dealkylation sites (N-methyl/N-ethyl adjacent to an activating group) is 1. The molecule has 0 saturated heterocycles. The summed E-state index contributed by atoms with van der Waals surface area (Å²) in [6.07, 6.45) is -0.704. The van der Waals surface area contributed by atoms with E-state index in [-0.39, 0.29) is 0 Å². The number of hydrogen-bond acceptors (Lipinski definition) is 3. The van der Waals surface area contributed by atoms with E-state index >= 15 is 0 Å². The van der Waals surface area contributed by atoms with Crippen LogP contribution in [-0.4, -0.2) is 25.0 Å². The average molecular weight is 165 g/mol. The molecule has 2 rings (SSSR count). The normalized spacial score (nSPS) is 21.5. The van der Waals surface area contributed by atoms with Crippen LogP contribution in [0.3, 0.4) is 0 Å². The number of para-hydroxylation sites is 2. The Labute approximate surface area is 71.2 Å². The highest BCUT2D eigenvalue weighted by Gasteiger charge is 2.20. The Morgan fingerprint density at radius 2 is 2.25 bits per heavy atom. The van der Waals surface area contributed by atoms with E-state index in [1.165, 1.54) is 0 Å². The Morgan fingerprint density at radius 1 is 1.50 bits per heavy atom. The van der Waals surface area contributed by atoms with E-state index in [4.69, 9.17) is 4.74 Å². The SMILES string of the molecule is CN1CC(O)Oc2ccccc21. The third-order valence-electron chi connectivity index (χ3n) is 1.97. The van der Waals surface area contributed by atoms with Gasteiger partial charge in [-0.1, -0.05) is 12.1 Å². The first-order valence-electron chi connectivity index (χ1n) is 3.92. The van der Waals surface area contributed by atoms with Crippen LogP contribution in [0.25, 0.3) is 0 Å². The zero-order valence-corrected chi connectivity index (χ0v) is 6.90. The molecule has 0 aliphatic carbocycles. The Balaban J connectivity index is 2.40. The molecule has 1 aliphatic rings. The molecule has 12 heavy (non-hydrogen) atoms. The molecule has 3 heteroatoms. The number of hydrogen-bond donors (Lipinski definition) is 1. The summed E-state index contributed by atoms with van der Waals surface area (Å²) in [5.74, 6) is 0.749. The first-order chi connectivity index (χ1) is 5.77. The van der Waals surface area contributed by atoms with Gasteiger partial charge in [0.25, 0.3) is 0 Å². The summed E-state index contributed by atoms with van der Waals surface area (Å²) in [4.78, 5) is 1.98. The minimum absolute atomic E-state index is 0.525. The molecule has 1 aromatic rings. The fraction of sp³-hybridized carbons (Fsp3) is 0.333. The maximum Gasteiger partial charge on any atom is 0.215 e. The lowest BCUT2D eigenvalue weighted by Gasteiger charge is -2.30. The monoisotopic (exact) mass is 165 g/mol. The fourth-order valence-electron chi connectivity index (χ4n) is 1.39. The summed E-state index contributed by atoms with van der Waals surface area (Å²) in [6.45, 7) is 0.525. The van der Waals surface area contributed by atoms with E-state index in [2.05, 4.69) is 0 Å². The molecule has 3 nitrogen and oxygen atoms in total. The first-order valence-corrected chi connectivity index (χ1v) is 3.92. The van der Waals surface area contributed by atoms with Gasteiger partial charge >= 0.3 is 0 Å². The molecule has 64 valence electrons. The van der Waals surface area contributed by atoms with E-state index in [1.54, 1.807) is 0 Å². The minimum Gasteiger partial charge on any atom is -0.461 e. The molecule has 1 atom stereocenters. The summed E-state index contributed by atoms with van der Waals surface area (Å²) in [6, 6.07) is 7.68. The molecule has 1 heterocycles. The third kappa shape index (κ3) is 1.12. The number of ether oxygens (including phenoxy) is 1. The highest BCUT2D eigenvalue weighted by molar-refractivity contribution is 5.59. The van der Waals surface area contributed by atoms with E-state index in [0.717, 1.165) is 11.4 Å². The van der Waals surface area contributed by atoms with Crippen LogP contribution in [0.5, 0.6) is 5.75 Å². The minimum atomic E-state index is -0.704. The fourth-order valence-corrected chi connectivity index (χ4v) is 1.39. The molecular formula is C9H11NO2. The van der Waals surface area contributed by atoms with Crippen molar-refractivity contribution >= 4 is 5.69 Å². The lowest BCUT2D eigenvalue weighted by Crippen LogP contribution is -2.37. The summed E-state index contributed by atoms with van der Waals surface area (Å²) >= 11 is 0. The molecule has 0 aromatic heterocycles. The molecule has 0 radical (unpaired) electrons. The molecular weight excluding hydrogens is 154 g/mol. The van der Waals surface area contributed by atoms with E-state index in [1.807, 2.05) is 36.2 Å². The number of anilines is 1. The van der Waals surface area contributed by atoms with Crippen molar-refractivity contribution in [3.63, 3.8) is 0 Å². The Bertz CT molecular complexity index is 288. The summed E-state index contributed by atoms with van der Waals surface area (Å²) in [7, 11) is 1.94. The van der Waals surface area contributed by atoms with Crippen LogP contribution in [-0.2, 0) is 0 Å². The van der Waals surface area contributed by atoms with Gasteiger partial charge in [0, 0.05) is 7.05 Å². The molecule has 1 unspecified atom stereocenters. The lowest BCUT2D eigenvalue weighted by molar-refractivity contribution is -0.0154. The van der Waals surface area contributed by atoms with E-state index < -0.39 is 6.29 Å². The molecule has 0 saturated carbocycles. The third-order valence-corrected chi connectivity index (χ3v) is 1.97. The molecule has 1 N–H and O–H groups in total. The van der Waals surface area contributed by atoms with Crippen LogP contribution in [0.15, 0.2) is 24.3 Å². The summed E-state index contributed by atoms with van der Waals surface area (Å²) in [5, 5.41) is 9.26. The molecule has 1 aliphatic heterocycles. The topological polar surface area (TPSA) is 32.7 Å². The quantitative estimate of drug-likeness (QED) is 0.618. The average Bonchev–Trinajstić information content (AvgIpc) is 2.04. The highest BCUT2D eigenvalue weighted by Crippen LogP contribution is 2.30. The number of rotatable bonds is 0. The van der Waals surface area contributed by atoms with Crippen LogP contribution < -0.4 is 9.64 Å². The maximum atomic E-state index is 9.26. The van der Waals surface area contributed by atoms with Crippen LogP contribution in [0.2, 0.25) is 0 Å². The van der Waals surface area contributed by atoms with Crippen molar-refractivity contribution in [3.8, 4) is 5.75 Å². The number of fused-ring (bicyclic) bond motifs is 1. The van der Waals surface area contributed by atoms with Crippen LogP contribution >= 0.6 is 0 Å². The highest BCUT2D eigenvalue weighted by atomic mass is 16.6. The van der Waals surface area contributed by atoms with Crippen LogP contribution in [0.4, 0.5) is 5.69 Å². The second-order valence-corrected chi connectivity index (χ2v) is 2.92. The number of aliphatic hydroxyl groups excluding tert-OH is 1. The Morgan fingerprint density at radius 3 is 3.08 bits per heavy atom. The van der Waals surface area contributed by atoms with Gasteiger partial charge in [-0.2, -0.15) is 0 Å². The van der Waals surface area contributed by atoms with Crippen molar-refractivity contribution < 1.29 is 9.84 Å². The van der Waals surface area contributed by atoms with Crippen molar-refractivity contribution in [2.75, 3.05) is 18.5 Å². The van der Waals surface area contributed by atoms with Gasteiger partial charge in [0.1, 0.15) is 5.75 Å². The molecule has 0 fully saturated rings. The lowest BCUT2D eigenvalue weighted by atomic mass is 10.2. The Hall–Kier alpha value is -1.22. The van der Waals surface area contributed by atoms with Gasteiger partial charge in [-0.25, -0.2) is 0 Å². The zero-order valence-electron chi connectivity index (χ0n) is 6.90. The van der Waals surface area contributed by atoms with Gasteiger partial charge in [-0.05, 0) is 12.1 Å². The van der Waals surface area contributed by atoms with Gasteiger partial charge in [-0.3, -0.25) is 0 Å². The van der Waals surface area contributed by atoms with Crippen molar-refractivity contribution in [2.45, 2.75) is 6.29 Å². The van der Waals surface area contributed by atoms with Crippen molar-refractivity contribution in [1.29, 1.82) is 0 Å². The number of β-amino-alcohol motifs (C(OH)–C–C–N with tert-alkyl or cyclic N) is 1. The number of nitrogens with zero attached hydrogens (tertiary/aromatic N) is 1. The number of aliphatic hydroxyl groups is 1. The van der Waals surface area contributed by atoms with E-state index in [0.29, 0.717) is 6.54 Å². The van der Waals surface area contributed by atoms with E-state index in [9.17, 15) is 5.11 Å². The van der Waals surface area contributed by atoms with Gasteiger partial charge in [-0.15, -0.1) is 0 Å². The second kappa shape index (κ2) is 2.68. The van der Waals surface area contributed by atoms with Gasteiger partial charge in [0.15, 0.2) is 0 Å². The van der Waals surface area contributed by atoms with Gasteiger partial charge in [0.05, 0.1) is 12.2 Å². The standard InChI is InChI=1S/C9H11NO2/c1-10-6-9(11)12-8-5-3-2-4-7(8)10/h2-5,9,11H,6H2,1H3. The molecule has 0 amide bonds. The predicted molar refractivity (Wildman–Crippen MR) is 46.3 cm³/mol. The van der Waals surface area contributed by atoms with Crippen molar-refractivity contribution in [2.24, 2.45) is 0 Å². The molecule has 0 spiro atoms. The smallest absolute Gasteiger partial charge is 0.215 e. The second-order valence-electron chi connectivity index (χ2n) is 2.92. The van der Waals surface area contributed by atoms with Crippen LogP contribution in [0.1, 0.15) is 0 Å². The van der Waals surface area contributed by atoms with Crippen LogP contribution in [0, 0.1) is 0 Å². The largest absolute Gasteiger partial charge is 0.461 e. The first kappa shape index (κ1) is 7.43. The van der Waals surface area contributed by atoms with Crippen molar-refractivity contribution in [1.82, 2.24) is 0 Å². The molecule has 1 aromatic carbocycles. The summed E-state index contributed by atoms with van der Waals surface area (Å²) in [5.41, 5.74) is 1.03. The molecule has 0 bridgehead atoms. The summed E-state index contributed by atoms with van der Waals surface area (Å²) < 4.78 is 5.22. The van der Waals surface area contributed by atoms with Gasteiger partial charge < -0.3 is 14.7 Å².